The van der Waals surface area contributed by atoms with E-state index in [-0.39, 0.29) is 28.3 Å². The van der Waals surface area contributed by atoms with E-state index in [0.29, 0.717) is 35.9 Å². The summed E-state index contributed by atoms with van der Waals surface area (Å²) in [5, 5.41) is 0. The summed E-state index contributed by atoms with van der Waals surface area (Å²) in [5.74, 6) is 2.08. The minimum atomic E-state index is -0.313. The Balaban J connectivity index is 1.75. The predicted octanol–water partition coefficient (Wildman–Crippen LogP) is 3.92. The lowest BCUT2D eigenvalue weighted by Crippen LogP contribution is -2.52. The van der Waals surface area contributed by atoms with Crippen molar-refractivity contribution in [3.05, 3.63) is 23.8 Å². The molecular weight excluding hydrogens is 312 g/mol. The average Bonchev–Trinajstić information content (AvgIpc) is 2.80. The highest BCUT2D eigenvalue weighted by Crippen LogP contribution is 2.66. The van der Waals surface area contributed by atoms with Gasteiger partial charge < -0.3 is 0 Å². The second kappa shape index (κ2) is 5.25. The summed E-state index contributed by atoms with van der Waals surface area (Å²) >= 11 is 0. The van der Waals surface area contributed by atoms with Gasteiger partial charge in [-0.3, -0.25) is 14.4 Å². The Kier molecular flexibility index (Phi) is 3.55. The molecular formula is C22H28O3. The molecule has 0 aromatic rings. The van der Waals surface area contributed by atoms with Crippen LogP contribution < -0.4 is 0 Å². The van der Waals surface area contributed by atoms with Gasteiger partial charge in [-0.15, -0.1) is 0 Å². The molecule has 3 fully saturated rings. The number of rotatable bonds is 1. The molecule has 3 heteroatoms. The van der Waals surface area contributed by atoms with E-state index in [2.05, 4.69) is 20.8 Å². The van der Waals surface area contributed by atoms with Gasteiger partial charge in [0.15, 0.2) is 11.6 Å². The molecule has 0 amide bonds. The van der Waals surface area contributed by atoms with E-state index >= 15 is 0 Å². The third-order valence-corrected chi connectivity index (χ3v) is 8.17. The molecule has 3 saturated carbocycles. The van der Waals surface area contributed by atoms with Gasteiger partial charge in [-0.25, -0.2) is 0 Å². The smallest absolute Gasteiger partial charge is 0.178 e. The molecule has 0 saturated heterocycles. The van der Waals surface area contributed by atoms with Crippen LogP contribution in [-0.2, 0) is 14.4 Å². The van der Waals surface area contributed by atoms with E-state index in [4.69, 9.17) is 0 Å². The first-order valence-electron chi connectivity index (χ1n) is 9.67. The number of fused-ring (bicyclic) bond motifs is 5. The standard InChI is InChI=1S/C22H28O3/c1-12-9-17-15-11-19(25)18-10-14(24)5-7-21(18,3)16(15)6-8-22(17,4)20(12)13(2)23/h5,7,10,12,15-17,20H,6,8-9,11H2,1-4H3/t12?,15-,16+,17+,20-,21-,22+/m1/s1. The molecule has 134 valence electrons. The Morgan fingerprint density at radius 2 is 1.92 bits per heavy atom. The maximum Gasteiger partial charge on any atom is 0.178 e. The fraction of sp³-hybridized carbons (Fsp3) is 0.682. The fourth-order valence-corrected chi connectivity index (χ4v) is 7.27. The van der Waals surface area contributed by atoms with Crippen LogP contribution in [0.25, 0.3) is 0 Å². The Morgan fingerprint density at radius 3 is 2.60 bits per heavy atom. The van der Waals surface area contributed by atoms with Gasteiger partial charge in [-0.05, 0) is 67.4 Å². The van der Waals surface area contributed by atoms with Gasteiger partial charge >= 0.3 is 0 Å². The van der Waals surface area contributed by atoms with Gasteiger partial charge in [0.25, 0.3) is 0 Å². The minimum absolute atomic E-state index is 0.0263. The van der Waals surface area contributed by atoms with Gasteiger partial charge in [0.2, 0.25) is 0 Å². The first kappa shape index (κ1) is 16.9. The van der Waals surface area contributed by atoms with E-state index in [1.165, 1.54) is 0 Å². The Labute approximate surface area is 149 Å². The lowest BCUT2D eigenvalue weighted by atomic mass is 9.47. The molecule has 0 N–H and O–H groups in total. The summed E-state index contributed by atoms with van der Waals surface area (Å²) in [7, 11) is 0. The zero-order valence-corrected chi connectivity index (χ0v) is 15.7. The Bertz CT molecular complexity index is 730. The summed E-state index contributed by atoms with van der Waals surface area (Å²) in [4.78, 5) is 37.1. The van der Waals surface area contributed by atoms with Crippen LogP contribution >= 0.6 is 0 Å². The normalized spacial score (nSPS) is 48.5. The van der Waals surface area contributed by atoms with Crippen molar-refractivity contribution < 1.29 is 14.4 Å². The molecule has 25 heavy (non-hydrogen) atoms. The van der Waals surface area contributed by atoms with E-state index in [0.717, 1.165) is 24.8 Å². The van der Waals surface area contributed by atoms with Crippen LogP contribution in [0.2, 0.25) is 0 Å². The number of allylic oxidation sites excluding steroid dienone is 4. The molecule has 0 aliphatic heterocycles. The third-order valence-electron chi connectivity index (χ3n) is 8.17. The maximum atomic E-state index is 12.9. The van der Waals surface area contributed by atoms with Crippen LogP contribution in [0.4, 0.5) is 0 Å². The SMILES string of the molecule is CC(=O)[C@H]1C(C)C[C@H]2[C@@H]3CC(=O)C4=CC(=O)C=C[C@]4(C)[C@H]3CC[C@]12C. The predicted molar refractivity (Wildman–Crippen MR) is 95.7 cm³/mol. The summed E-state index contributed by atoms with van der Waals surface area (Å²) in [5.41, 5.74) is 0.435. The first-order valence-corrected chi connectivity index (χ1v) is 9.67. The molecule has 4 aliphatic carbocycles. The highest BCUT2D eigenvalue weighted by molar-refractivity contribution is 6.10. The van der Waals surface area contributed by atoms with E-state index < -0.39 is 0 Å². The number of hydrogen-bond acceptors (Lipinski definition) is 3. The van der Waals surface area contributed by atoms with Crippen LogP contribution in [0.5, 0.6) is 0 Å². The summed E-state index contributed by atoms with van der Waals surface area (Å²) in [6, 6.07) is 0. The Hall–Kier alpha value is -1.51. The number of Topliss-reactive ketones (excluding diaryl/α,β-unsaturated/α-hetero) is 2. The number of ketones is 3. The first-order chi connectivity index (χ1) is 11.7. The zero-order valence-electron chi connectivity index (χ0n) is 15.7. The molecule has 4 rings (SSSR count). The summed E-state index contributed by atoms with van der Waals surface area (Å²) in [6.45, 7) is 8.38. The quantitative estimate of drug-likeness (QED) is 0.727. The van der Waals surface area contributed by atoms with Crippen molar-refractivity contribution in [2.24, 2.45) is 40.4 Å². The molecule has 4 aliphatic rings. The van der Waals surface area contributed by atoms with Crippen molar-refractivity contribution in [2.75, 3.05) is 0 Å². The van der Waals surface area contributed by atoms with Crippen molar-refractivity contribution >= 4 is 17.3 Å². The van der Waals surface area contributed by atoms with Crippen molar-refractivity contribution in [1.29, 1.82) is 0 Å². The molecule has 0 radical (unpaired) electrons. The van der Waals surface area contributed by atoms with Crippen LogP contribution in [0, 0.1) is 40.4 Å². The maximum absolute atomic E-state index is 12.9. The molecule has 0 aromatic carbocycles. The van der Waals surface area contributed by atoms with Gasteiger partial charge in [0, 0.05) is 23.3 Å². The van der Waals surface area contributed by atoms with Crippen molar-refractivity contribution in [3.8, 4) is 0 Å². The van der Waals surface area contributed by atoms with Crippen LogP contribution in [0.15, 0.2) is 23.8 Å². The van der Waals surface area contributed by atoms with Crippen LogP contribution in [0.1, 0.15) is 53.4 Å². The zero-order chi connectivity index (χ0) is 18.1. The molecule has 0 aromatic heterocycles. The highest BCUT2D eigenvalue weighted by atomic mass is 16.1. The third kappa shape index (κ3) is 2.14. The van der Waals surface area contributed by atoms with Gasteiger partial charge in [-0.2, -0.15) is 0 Å². The van der Waals surface area contributed by atoms with Gasteiger partial charge in [-0.1, -0.05) is 26.8 Å². The minimum Gasteiger partial charge on any atom is -0.300 e. The van der Waals surface area contributed by atoms with Crippen molar-refractivity contribution in [1.82, 2.24) is 0 Å². The molecule has 0 heterocycles. The lowest BCUT2D eigenvalue weighted by molar-refractivity contribution is -0.131. The number of hydrogen-bond donors (Lipinski definition) is 0. The highest BCUT2D eigenvalue weighted by Gasteiger charge is 2.62. The summed E-state index contributed by atoms with van der Waals surface area (Å²) in [6.07, 6.45) is 8.88. The molecule has 1 unspecified atom stereocenters. The van der Waals surface area contributed by atoms with Crippen molar-refractivity contribution in [2.45, 2.75) is 53.4 Å². The average molecular weight is 340 g/mol. The molecule has 3 nitrogen and oxygen atoms in total. The van der Waals surface area contributed by atoms with E-state index in [9.17, 15) is 14.4 Å². The summed E-state index contributed by atoms with van der Waals surface area (Å²) < 4.78 is 0. The topological polar surface area (TPSA) is 51.2 Å². The second-order valence-corrected chi connectivity index (χ2v) is 9.43. The lowest BCUT2D eigenvalue weighted by Gasteiger charge is -2.56. The second-order valence-electron chi connectivity index (χ2n) is 9.43. The Morgan fingerprint density at radius 1 is 1.20 bits per heavy atom. The molecule has 0 bridgehead atoms. The molecule has 7 atom stereocenters. The van der Waals surface area contributed by atoms with Crippen LogP contribution in [-0.4, -0.2) is 17.3 Å². The fourth-order valence-electron chi connectivity index (χ4n) is 7.27. The number of carbonyl (C=O) groups is 3. The van der Waals surface area contributed by atoms with Crippen LogP contribution in [0.3, 0.4) is 0 Å². The van der Waals surface area contributed by atoms with Crippen molar-refractivity contribution in [3.63, 3.8) is 0 Å². The largest absolute Gasteiger partial charge is 0.300 e. The van der Waals surface area contributed by atoms with Gasteiger partial charge in [0.05, 0.1) is 0 Å². The van der Waals surface area contributed by atoms with Gasteiger partial charge in [0.1, 0.15) is 5.78 Å². The monoisotopic (exact) mass is 340 g/mol. The number of carbonyl (C=O) groups excluding carboxylic acids is 3. The van der Waals surface area contributed by atoms with E-state index in [1.807, 2.05) is 6.08 Å². The van der Waals surface area contributed by atoms with E-state index in [1.54, 1.807) is 19.1 Å². The molecule has 0 spiro atoms.